The summed E-state index contributed by atoms with van der Waals surface area (Å²) in [7, 11) is 0. The highest BCUT2D eigenvalue weighted by Gasteiger charge is 2.43. The average Bonchev–Trinajstić information content (AvgIpc) is 3.02. The van der Waals surface area contributed by atoms with Gasteiger partial charge in [0.15, 0.2) is 0 Å². The fraction of sp³-hybridized carbons (Fsp3) is 0.625. The minimum atomic E-state index is 0.231. The Labute approximate surface area is 109 Å². The summed E-state index contributed by atoms with van der Waals surface area (Å²) in [6.45, 7) is 1.31. The summed E-state index contributed by atoms with van der Waals surface area (Å²) in [6.07, 6.45) is 6.77. The SMILES string of the molecule is NC1c2ccccc2CCC1N1CC2CCC1C2. The summed E-state index contributed by atoms with van der Waals surface area (Å²) in [5, 5.41) is 0. The predicted octanol–water partition coefficient (Wildman–Crippen LogP) is 2.49. The Morgan fingerprint density at radius 2 is 2.00 bits per heavy atom. The van der Waals surface area contributed by atoms with Crippen molar-refractivity contribution in [1.82, 2.24) is 4.90 Å². The monoisotopic (exact) mass is 242 g/mol. The van der Waals surface area contributed by atoms with Crippen molar-refractivity contribution in [3.05, 3.63) is 35.4 Å². The van der Waals surface area contributed by atoms with Crippen LogP contribution in [0.1, 0.15) is 42.9 Å². The molecular weight excluding hydrogens is 220 g/mol. The molecule has 2 heteroatoms. The first-order valence-electron chi connectivity index (χ1n) is 7.42. The first-order chi connectivity index (χ1) is 8.83. The molecule has 1 saturated carbocycles. The van der Waals surface area contributed by atoms with Gasteiger partial charge in [0.2, 0.25) is 0 Å². The third kappa shape index (κ3) is 1.55. The van der Waals surface area contributed by atoms with Crippen LogP contribution in [0.15, 0.2) is 24.3 Å². The van der Waals surface area contributed by atoms with Gasteiger partial charge in [0.05, 0.1) is 0 Å². The van der Waals surface area contributed by atoms with Gasteiger partial charge in [-0.05, 0) is 49.1 Å². The molecule has 1 aromatic rings. The molecule has 1 heterocycles. The molecule has 96 valence electrons. The number of fused-ring (bicyclic) bond motifs is 3. The van der Waals surface area contributed by atoms with Gasteiger partial charge < -0.3 is 5.73 Å². The standard InChI is InChI=1S/C16H22N2/c17-16-14-4-2-1-3-12(14)6-8-15(16)18-10-11-5-7-13(18)9-11/h1-4,11,13,15-16H,5-10,17H2. The molecule has 2 nitrogen and oxygen atoms in total. The second-order valence-electron chi connectivity index (χ2n) is 6.36. The average molecular weight is 242 g/mol. The zero-order chi connectivity index (χ0) is 12.1. The van der Waals surface area contributed by atoms with E-state index in [-0.39, 0.29) is 6.04 Å². The van der Waals surface area contributed by atoms with E-state index in [9.17, 15) is 0 Å². The Kier molecular flexibility index (Phi) is 2.49. The van der Waals surface area contributed by atoms with E-state index in [4.69, 9.17) is 5.73 Å². The number of hydrogen-bond donors (Lipinski definition) is 1. The lowest BCUT2D eigenvalue weighted by Gasteiger charge is -2.41. The molecule has 2 N–H and O–H groups in total. The molecule has 4 rings (SSSR count). The van der Waals surface area contributed by atoms with Crippen molar-refractivity contribution >= 4 is 0 Å². The maximum absolute atomic E-state index is 6.56. The van der Waals surface area contributed by atoms with Crippen LogP contribution in [-0.4, -0.2) is 23.5 Å². The Balaban J connectivity index is 1.61. The van der Waals surface area contributed by atoms with E-state index in [1.807, 2.05) is 0 Å². The van der Waals surface area contributed by atoms with Gasteiger partial charge in [-0.3, -0.25) is 4.90 Å². The van der Waals surface area contributed by atoms with E-state index in [2.05, 4.69) is 29.2 Å². The lowest BCUT2D eigenvalue weighted by atomic mass is 9.83. The van der Waals surface area contributed by atoms with Crippen LogP contribution in [0, 0.1) is 5.92 Å². The Morgan fingerprint density at radius 3 is 2.78 bits per heavy atom. The third-order valence-electron chi connectivity index (χ3n) is 5.42. The zero-order valence-corrected chi connectivity index (χ0v) is 10.9. The maximum Gasteiger partial charge on any atom is 0.0456 e. The molecule has 18 heavy (non-hydrogen) atoms. The molecule has 3 aliphatic rings. The van der Waals surface area contributed by atoms with Crippen molar-refractivity contribution in [3.8, 4) is 0 Å². The van der Waals surface area contributed by atoms with E-state index >= 15 is 0 Å². The van der Waals surface area contributed by atoms with Crippen LogP contribution in [0.5, 0.6) is 0 Å². The van der Waals surface area contributed by atoms with Crippen LogP contribution < -0.4 is 5.73 Å². The van der Waals surface area contributed by atoms with E-state index in [1.54, 1.807) is 0 Å². The molecule has 0 radical (unpaired) electrons. The molecule has 1 aromatic carbocycles. The highest BCUT2D eigenvalue weighted by Crippen LogP contribution is 2.42. The number of nitrogens with zero attached hydrogens (tertiary/aromatic N) is 1. The van der Waals surface area contributed by atoms with Crippen LogP contribution in [0.4, 0.5) is 0 Å². The number of rotatable bonds is 1. The van der Waals surface area contributed by atoms with Gasteiger partial charge in [-0.2, -0.15) is 0 Å². The van der Waals surface area contributed by atoms with Crippen molar-refractivity contribution in [2.45, 2.75) is 50.2 Å². The number of nitrogens with two attached hydrogens (primary N) is 1. The van der Waals surface area contributed by atoms with Gasteiger partial charge in [0.25, 0.3) is 0 Å². The van der Waals surface area contributed by atoms with E-state index < -0.39 is 0 Å². The van der Waals surface area contributed by atoms with E-state index in [0.717, 1.165) is 12.0 Å². The molecule has 4 atom stereocenters. The number of piperidine rings is 1. The Hall–Kier alpha value is -0.860. The van der Waals surface area contributed by atoms with Gasteiger partial charge in [-0.1, -0.05) is 24.3 Å². The topological polar surface area (TPSA) is 29.3 Å². The molecule has 2 aliphatic carbocycles. The molecule has 0 spiro atoms. The van der Waals surface area contributed by atoms with Crippen molar-refractivity contribution in [2.75, 3.05) is 6.54 Å². The first-order valence-corrected chi connectivity index (χ1v) is 7.42. The number of hydrogen-bond acceptors (Lipinski definition) is 2. The van der Waals surface area contributed by atoms with Crippen LogP contribution in [0.25, 0.3) is 0 Å². The van der Waals surface area contributed by atoms with Gasteiger partial charge in [-0.25, -0.2) is 0 Å². The summed E-state index contributed by atoms with van der Waals surface area (Å²) in [5.74, 6) is 0.972. The molecule has 1 aliphatic heterocycles. The molecule has 2 fully saturated rings. The highest BCUT2D eigenvalue weighted by molar-refractivity contribution is 5.33. The molecule has 0 aromatic heterocycles. The van der Waals surface area contributed by atoms with Crippen molar-refractivity contribution in [2.24, 2.45) is 11.7 Å². The van der Waals surface area contributed by atoms with Gasteiger partial charge >= 0.3 is 0 Å². The van der Waals surface area contributed by atoms with Crippen molar-refractivity contribution in [1.29, 1.82) is 0 Å². The minimum Gasteiger partial charge on any atom is -0.323 e. The first kappa shape index (κ1) is 11.0. The second kappa shape index (κ2) is 4.07. The summed E-state index contributed by atoms with van der Waals surface area (Å²) >= 11 is 0. The van der Waals surface area contributed by atoms with E-state index in [0.29, 0.717) is 6.04 Å². The summed E-state index contributed by atoms with van der Waals surface area (Å²) in [5.41, 5.74) is 9.44. The number of aryl methyl sites for hydroxylation is 1. The minimum absolute atomic E-state index is 0.231. The number of likely N-dealkylation sites (tertiary alicyclic amines) is 1. The van der Waals surface area contributed by atoms with Crippen LogP contribution in [0.2, 0.25) is 0 Å². The lowest BCUT2D eigenvalue weighted by Crippen LogP contribution is -2.48. The van der Waals surface area contributed by atoms with E-state index in [1.165, 1.54) is 49.8 Å². The Bertz CT molecular complexity index is 456. The van der Waals surface area contributed by atoms with Crippen LogP contribution in [0.3, 0.4) is 0 Å². The summed E-state index contributed by atoms with van der Waals surface area (Å²) in [6, 6.07) is 10.4. The molecule has 0 amide bonds. The second-order valence-corrected chi connectivity index (χ2v) is 6.36. The maximum atomic E-state index is 6.56. The highest BCUT2D eigenvalue weighted by atomic mass is 15.2. The number of benzene rings is 1. The van der Waals surface area contributed by atoms with Gasteiger partial charge in [-0.15, -0.1) is 0 Å². The van der Waals surface area contributed by atoms with Crippen molar-refractivity contribution in [3.63, 3.8) is 0 Å². The van der Waals surface area contributed by atoms with Crippen LogP contribution in [-0.2, 0) is 6.42 Å². The fourth-order valence-corrected chi connectivity index (χ4v) is 4.52. The van der Waals surface area contributed by atoms with Crippen LogP contribution >= 0.6 is 0 Å². The smallest absolute Gasteiger partial charge is 0.0456 e. The largest absolute Gasteiger partial charge is 0.323 e. The zero-order valence-electron chi connectivity index (χ0n) is 10.9. The third-order valence-corrected chi connectivity index (χ3v) is 5.42. The van der Waals surface area contributed by atoms with Gasteiger partial charge in [0, 0.05) is 24.7 Å². The summed E-state index contributed by atoms with van der Waals surface area (Å²) < 4.78 is 0. The lowest BCUT2D eigenvalue weighted by molar-refractivity contribution is 0.116. The molecule has 1 saturated heterocycles. The molecule has 2 bridgehead atoms. The molecule has 4 unspecified atom stereocenters. The van der Waals surface area contributed by atoms with Crippen molar-refractivity contribution < 1.29 is 0 Å². The Morgan fingerprint density at radius 1 is 1.11 bits per heavy atom. The quantitative estimate of drug-likeness (QED) is 0.820. The normalized spacial score (nSPS) is 38.9. The predicted molar refractivity (Wildman–Crippen MR) is 73.3 cm³/mol. The fourth-order valence-electron chi connectivity index (χ4n) is 4.52. The summed E-state index contributed by atoms with van der Waals surface area (Å²) in [4.78, 5) is 2.74. The molecular formula is C16H22N2. The van der Waals surface area contributed by atoms with Gasteiger partial charge in [0.1, 0.15) is 0 Å².